The molecule has 1 atom stereocenters. The van der Waals surface area contributed by atoms with Crippen molar-refractivity contribution in [3.05, 3.63) is 82.4 Å². The summed E-state index contributed by atoms with van der Waals surface area (Å²) in [4.78, 5) is 28.3. The van der Waals surface area contributed by atoms with E-state index >= 15 is 4.57 Å². The van der Waals surface area contributed by atoms with Gasteiger partial charge in [-0.1, -0.05) is 63.2 Å². The van der Waals surface area contributed by atoms with Crippen LogP contribution in [-0.2, 0) is 9.98 Å². The van der Waals surface area contributed by atoms with Gasteiger partial charge in [-0.2, -0.15) is 0 Å². The maximum atomic E-state index is 15.1. The Labute approximate surface area is 213 Å². The molecule has 0 amide bonds. The lowest BCUT2D eigenvalue weighted by Gasteiger charge is -2.26. The zero-order chi connectivity index (χ0) is 26.8. The van der Waals surface area contributed by atoms with E-state index < -0.39 is 18.2 Å². The van der Waals surface area contributed by atoms with Crippen LogP contribution < -0.4 is 19.5 Å². The predicted molar refractivity (Wildman–Crippen MR) is 143 cm³/mol. The topological polar surface area (TPSA) is 78.9 Å². The molecule has 0 saturated carbocycles. The molecule has 1 unspecified atom stereocenters. The third-order valence-corrected chi connectivity index (χ3v) is 9.15. The number of ether oxygens (including phenoxy) is 3. The number of aryl methyl sites for hydroxylation is 2. The van der Waals surface area contributed by atoms with Crippen molar-refractivity contribution >= 4 is 23.5 Å². The lowest BCUT2D eigenvalue weighted by atomic mass is 9.85. The van der Waals surface area contributed by atoms with Gasteiger partial charge in [0, 0.05) is 23.0 Å². The number of carbonyl (C=O) groups is 2. The van der Waals surface area contributed by atoms with Crippen molar-refractivity contribution in [1.82, 2.24) is 0 Å². The molecule has 0 radical (unpaired) electrons. The fourth-order valence-corrected chi connectivity index (χ4v) is 7.08. The van der Waals surface area contributed by atoms with E-state index in [1.807, 2.05) is 12.1 Å². The monoisotopic (exact) mass is 508 g/mol. The van der Waals surface area contributed by atoms with Crippen molar-refractivity contribution in [1.29, 1.82) is 0 Å². The Bertz CT molecular complexity index is 1300. The van der Waals surface area contributed by atoms with Crippen LogP contribution in [0.3, 0.4) is 0 Å². The summed E-state index contributed by atoms with van der Waals surface area (Å²) in [7, 11) is -0.167. The van der Waals surface area contributed by atoms with Gasteiger partial charge in [0.15, 0.2) is 0 Å². The summed E-state index contributed by atoms with van der Waals surface area (Å²) in [6, 6.07) is 15.1. The van der Waals surface area contributed by atoms with Gasteiger partial charge in [0.05, 0.1) is 21.3 Å². The molecule has 7 heteroatoms. The first-order chi connectivity index (χ1) is 16.9. The van der Waals surface area contributed by atoms with Gasteiger partial charge in [0.2, 0.25) is 18.2 Å². The molecule has 0 fully saturated rings. The smallest absolute Gasteiger partial charge is 0.249 e. The highest BCUT2D eigenvalue weighted by molar-refractivity contribution is 8.01. The second-order valence-electron chi connectivity index (χ2n) is 9.70. The van der Waals surface area contributed by atoms with E-state index in [9.17, 15) is 9.59 Å². The van der Waals surface area contributed by atoms with Gasteiger partial charge in [-0.15, -0.1) is 0 Å². The molecule has 3 aromatic rings. The van der Waals surface area contributed by atoms with E-state index in [1.165, 1.54) is 33.5 Å². The van der Waals surface area contributed by atoms with Crippen LogP contribution >= 0.6 is 7.14 Å². The van der Waals surface area contributed by atoms with Crippen LogP contribution in [-0.4, -0.2) is 32.4 Å². The maximum absolute atomic E-state index is 15.1. The Morgan fingerprint density at radius 2 is 1.25 bits per heavy atom. The van der Waals surface area contributed by atoms with E-state index in [-0.39, 0.29) is 33.3 Å². The van der Waals surface area contributed by atoms with Crippen LogP contribution in [0.15, 0.2) is 54.6 Å². The molecule has 0 heterocycles. The van der Waals surface area contributed by atoms with Gasteiger partial charge in [0.1, 0.15) is 22.8 Å². The van der Waals surface area contributed by atoms with Crippen LogP contribution in [0.4, 0.5) is 0 Å². The van der Waals surface area contributed by atoms with Crippen LogP contribution in [0, 0.1) is 13.8 Å². The first-order valence-corrected chi connectivity index (χ1v) is 13.3. The van der Waals surface area contributed by atoms with Gasteiger partial charge >= 0.3 is 0 Å². The summed E-state index contributed by atoms with van der Waals surface area (Å²) in [6.07, 6.45) is 0. The molecule has 0 aromatic heterocycles. The summed E-state index contributed by atoms with van der Waals surface area (Å²) in [6.45, 7) is 9.81. The summed E-state index contributed by atoms with van der Waals surface area (Å²) in [5.74, 6) is 0.615. The fourth-order valence-electron chi connectivity index (χ4n) is 4.32. The van der Waals surface area contributed by atoms with Crippen molar-refractivity contribution in [3.8, 4) is 17.2 Å². The second kappa shape index (κ2) is 10.3. The zero-order valence-electron chi connectivity index (χ0n) is 22.1. The molecule has 0 aliphatic rings. The highest BCUT2D eigenvalue weighted by Gasteiger charge is 2.47. The zero-order valence-corrected chi connectivity index (χ0v) is 23.0. The SMILES string of the molecule is COc1cc(OC)c(C(=O)P(=O)(C(=O)c2ccccc2)c2c(C)cc(C(C)(C)C)cc2C)c(OC)c1. The van der Waals surface area contributed by atoms with E-state index in [2.05, 4.69) is 20.8 Å². The summed E-state index contributed by atoms with van der Waals surface area (Å²) in [5, 5.41) is 0.245. The van der Waals surface area contributed by atoms with Gasteiger partial charge in [-0.05, 0) is 36.0 Å². The highest BCUT2D eigenvalue weighted by atomic mass is 31.2. The lowest BCUT2D eigenvalue weighted by Crippen LogP contribution is -2.26. The minimum atomic E-state index is -4.43. The molecule has 0 N–H and O–H groups in total. The largest absolute Gasteiger partial charge is 0.496 e. The van der Waals surface area contributed by atoms with E-state index in [0.29, 0.717) is 16.9 Å². The number of rotatable bonds is 8. The highest BCUT2D eigenvalue weighted by Crippen LogP contribution is 2.55. The maximum Gasteiger partial charge on any atom is 0.249 e. The number of methoxy groups -OCH3 is 3. The van der Waals surface area contributed by atoms with Crippen molar-refractivity contribution in [2.24, 2.45) is 0 Å². The molecule has 6 nitrogen and oxygen atoms in total. The molecule has 3 aromatic carbocycles. The third-order valence-electron chi connectivity index (χ3n) is 6.19. The Balaban J connectivity index is 2.40. The van der Waals surface area contributed by atoms with Crippen LogP contribution in [0.25, 0.3) is 0 Å². The van der Waals surface area contributed by atoms with Crippen LogP contribution in [0.1, 0.15) is 58.2 Å². The molecule has 0 bridgehead atoms. The van der Waals surface area contributed by atoms with Gasteiger partial charge in [-0.3, -0.25) is 9.59 Å². The number of hydrogen-bond acceptors (Lipinski definition) is 6. The normalized spacial score (nSPS) is 13.0. The Kier molecular flexibility index (Phi) is 7.80. The molecule has 0 spiro atoms. The molecular formula is C29H33O6P. The summed E-state index contributed by atoms with van der Waals surface area (Å²) in [5.41, 5.74) is 0.636. The fraction of sp³-hybridized carbons (Fsp3) is 0.310. The van der Waals surface area contributed by atoms with Crippen molar-refractivity contribution < 1.29 is 28.4 Å². The molecule has 190 valence electrons. The van der Waals surface area contributed by atoms with Crippen LogP contribution in [0.2, 0.25) is 0 Å². The Hall–Kier alpha value is -3.37. The number of hydrogen-bond donors (Lipinski definition) is 0. The second-order valence-corrected chi connectivity index (χ2v) is 12.2. The number of carbonyl (C=O) groups excluding carboxylic acids is 2. The van der Waals surface area contributed by atoms with Crippen molar-refractivity contribution in [2.45, 2.75) is 40.0 Å². The molecule has 0 aliphatic carbocycles. The van der Waals surface area contributed by atoms with Gasteiger partial charge in [0.25, 0.3) is 0 Å². The van der Waals surface area contributed by atoms with E-state index in [1.54, 1.807) is 44.2 Å². The van der Waals surface area contributed by atoms with Gasteiger partial charge in [-0.25, -0.2) is 0 Å². The van der Waals surface area contributed by atoms with E-state index in [4.69, 9.17) is 14.2 Å². The van der Waals surface area contributed by atoms with Gasteiger partial charge < -0.3 is 18.8 Å². The molecule has 0 aliphatic heterocycles. The van der Waals surface area contributed by atoms with Crippen LogP contribution in [0.5, 0.6) is 17.2 Å². The third kappa shape index (κ3) is 4.83. The van der Waals surface area contributed by atoms with Crippen molar-refractivity contribution in [3.63, 3.8) is 0 Å². The Morgan fingerprint density at radius 1 is 0.750 bits per heavy atom. The first kappa shape index (κ1) is 27.2. The van der Waals surface area contributed by atoms with E-state index in [0.717, 1.165) is 5.56 Å². The quantitative estimate of drug-likeness (QED) is 0.333. The minimum Gasteiger partial charge on any atom is -0.496 e. The molecular weight excluding hydrogens is 475 g/mol. The summed E-state index contributed by atoms with van der Waals surface area (Å²) < 4.78 is 31.3. The van der Waals surface area contributed by atoms with Crippen molar-refractivity contribution in [2.75, 3.05) is 21.3 Å². The summed E-state index contributed by atoms with van der Waals surface area (Å²) >= 11 is 0. The molecule has 3 rings (SSSR count). The Morgan fingerprint density at radius 3 is 1.67 bits per heavy atom. The molecule has 0 saturated heterocycles. The predicted octanol–water partition coefficient (Wildman–Crippen LogP) is 6.30. The molecule has 36 heavy (non-hydrogen) atoms. The lowest BCUT2D eigenvalue weighted by molar-refractivity contribution is 0.103. The standard InChI is InChI=1S/C29H33O6P/c1-18-14-21(29(3,4)5)15-19(2)26(18)36(32,27(30)20-12-10-9-11-13-20)28(31)25-23(34-7)16-22(33-6)17-24(25)35-8/h9-17H,1-8H3. The first-order valence-electron chi connectivity index (χ1n) is 11.6. The average Bonchev–Trinajstić information content (AvgIpc) is 2.86. The average molecular weight is 509 g/mol. The number of benzene rings is 3. The minimum absolute atomic E-state index is 0.0629.